The van der Waals surface area contributed by atoms with Crippen LogP contribution in [-0.4, -0.2) is 16.8 Å². The van der Waals surface area contributed by atoms with Crippen molar-refractivity contribution < 1.29 is 14.9 Å². The molecule has 0 fully saturated rings. The van der Waals surface area contributed by atoms with Crippen molar-refractivity contribution in [3.63, 3.8) is 0 Å². The van der Waals surface area contributed by atoms with E-state index < -0.39 is 0 Å². The molecule has 0 aliphatic heterocycles. The van der Waals surface area contributed by atoms with Gasteiger partial charge in [-0.3, -0.25) is 0 Å². The average molecular weight is 575 g/mol. The van der Waals surface area contributed by atoms with E-state index in [1.807, 2.05) is 6.92 Å². The summed E-state index contributed by atoms with van der Waals surface area (Å²) in [6.45, 7) is 9.30. The van der Waals surface area contributed by atoms with Gasteiger partial charge in [0, 0.05) is 11.1 Å². The lowest BCUT2D eigenvalue weighted by molar-refractivity contribution is 0.303. The summed E-state index contributed by atoms with van der Waals surface area (Å²) in [6.07, 6.45) is 33.7. The van der Waals surface area contributed by atoms with Gasteiger partial charge in [-0.25, -0.2) is 0 Å². The van der Waals surface area contributed by atoms with Crippen molar-refractivity contribution in [2.75, 3.05) is 6.61 Å². The summed E-state index contributed by atoms with van der Waals surface area (Å²) in [5.41, 5.74) is 3.49. The normalized spacial score (nSPS) is 11.4. The van der Waals surface area contributed by atoms with Gasteiger partial charge in [-0.05, 0) is 51.0 Å². The van der Waals surface area contributed by atoms with E-state index in [4.69, 9.17) is 4.74 Å². The molecule has 0 saturated heterocycles. The summed E-state index contributed by atoms with van der Waals surface area (Å²) in [5.74, 6) is 0.628. The third-order valence-corrected chi connectivity index (χ3v) is 8.86. The Morgan fingerprint density at radius 1 is 0.366 bits per heavy atom. The van der Waals surface area contributed by atoms with Crippen molar-refractivity contribution in [2.24, 2.45) is 0 Å². The molecule has 0 bridgehead atoms. The van der Waals surface area contributed by atoms with Crippen LogP contribution in [0.1, 0.15) is 198 Å². The lowest BCUT2D eigenvalue weighted by Gasteiger charge is -2.22. The monoisotopic (exact) mass is 575 g/mol. The van der Waals surface area contributed by atoms with E-state index >= 15 is 0 Å². The number of hydrogen-bond donors (Lipinski definition) is 2. The predicted molar refractivity (Wildman–Crippen MR) is 180 cm³/mol. The first-order chi connectivity index (χ1) is 20.1. The van der Waals surface area contributed by atoms with Crippen molar-refractivity contribution in [2.45, 2.75) is 201 Å². The van der Waals surface area contributed by atoms with Crippen molar-refractivity contribution in [1.29, 1.82) is 0 Å². The van der Waals surface area contributed by atoms with Crippen molar-refractivity contribution in [1.82, 2.24) is 0 Å². The van der Waals surface area contributed by atoms with Crippen LogP contribution in [0.3, 0.4) is 0 Å². The topological polar surface area (TPSA) is 49.7 Å². The minimum atomic E-state index is -0.0179. The highest BCUT2D eigenvalue weighted by molar-refractivity contribution is 5.62. The van der Waals surface area contributed by atoms with Crippen LogP contribution in [0.5, 0.6) is 17.2 Å². The van der Waals surface area contributed by atoms with Gasteiger partial charge in [-0.1, -0.05) is 156 Å². The minimum absolute atomic E-state index is 0.0179. The van der Waals surface area contributed by atoms with Gasteiger partial charge >= 0.3 is 0 Å². The summed E-state index contributed by atoms with van der Waals surface area (Å²) in [4.78, 5) is 0. The molecule has 0 aliphatic rings. The van der Waals surface area contributed by atoms with Crippen molar-refractivity contribution in [3.8, 4) is 17.2 Å². The van der Waals surface area contributed by atoms with Gasteiger partial charge in [-0.15, -0.1) is 0 Å². The molecule has 1 rings (SSSR count). The number of benzene rings is 1. The quantitative estimate of drug-likeness (QED) is 0.0739. The van der Waals surface area contributed by atoms with Gasteiger partial charge < -0.3 is 14.9 Å². The van der Waals surface area contributed by atoms with Crippen LogP contribution in [0.25, 0.3) is 0 Å². The third kappa shape index (κ3) is 16.7. The second-order valence-electron chi connectivity index (χ2n) is 12.6. The molecular formula is C38H70O3. The molecule has 0 aliphatic carbocycles. The number of aromatic hydroxyl groups is 2. The Labute approximate surface area is 256 Å². The van der Waals surface area contributed by atoms with Crippen molar-refractivity contribution in [3.05, 3.63) is 16.7 Å². The van der Waals surface area contributed by atoms with E-state index in [0.717, 1.165) is 44.1 Å². The molecule has 3 nitrogen and oxygen atoms in total. The van der Waals surface area contributed by atoms with Crippen LogP contribution >= 0.6 is 0 Å². The largest absolute Gasteiger partial charge is 0.504 e. The molecular weight excluding hydrogens is 504 g/mol. The zero-order chi connectivity index (χ0) is 30.0. The first-order valence-corrected chi connectivity index (χ1v) is 18.3. The number of unbranched alkanes of at least 4 members (excludes halogenated alkanes) is 21. The van der Waals surface area contributed by atoms with Crippen LogP contribution < -0.4 is 4.74 Å². The maximum atomic E-state index is 11.2. The lowest BCUT2D eigenvalue weighted by Crippen LogP contribution is -2.07. The molecule has 240 valence electrons. The first kappa shape index (κ1) is 37.6. The molecule has 1 aromatic carbocycles. The molecule has 41 heavy (non-hydrogen) atoms. The SMILES string of the molecule is CCCCCCCCCCc1c(O)c(O)c(OCC)c(CCCCCCCCCC)c1CCCCCCCCCC. The first-order valence-electron chi connectivity index (χ1n) is 18.3. The van der Waals surface area contributed by atoms with Gasteiger partial charge in [0.1, 0.15) is 0 Å². The summed E-state index contributed by atoms with van der Waals surface area (Å²) in [6, 6.07) is 0. The maximum Gasteiger partial charge on any atom is 0.201 e. The number of phenolic OH excluding ortho intramolecular Hbond substituents is 2. The van der Waals surface area contributed by atoms with Gasteiger partial charge in [-0.2, -0.15) is 0 Å². The van der Waals surface area contributed by atoms with E-state index in [0.29, 0.717) is 12.4 Å². The molecule has 0 heterocycles. The molecule has 0 spiro atoms. The second kappa shape index (κ2) is 26.3. The molecule has 3 heteroatoms. The number of rotatable bonds is 29. The van der Waals surface area contributed by atoms with E-state index in [2.05, 4.69) is 20.8 Å². The second-order valence-corrected chi connectivity index (χ2v) is 12.6. The van der Waals surface area contributed by atoms with Gasteiger partial charge in [0.25, 0.3) is 0 Å². The Kier molecular flexibility index (Phi) is 24.1. The lowest BCUT2D eigenvalue weighted by atomic mass is 9.88. The molecule has 2 N–H and O–H groups in total. The van der Waals surface area contributed by atoms with Crippen LogP contribution in [-0.2, 0) is 19.3 Å². The fourth-order valence-corrected chi connectivity index (χ4v) is 6.30. The molecule has 0 amide bonds. The van der Waals surface area contributed by atoms with E-state index in [9.17, 15) is 10.2 Å². The van der Waals surface area contributed by atoms with E-state index in [1.54, 1.807) is 0 Å². The van der Waals surface area contributed by atoms with Crippen LogP contribution in [0.4, 0.5) is 0 Å². The highest BCUT2D eigenvalue weighted by Crippen LogP contribution is 2.46. The minimum Gasteiger partial charge on any atom is -0.504 e. The summed E-state index contributed by atoms with van der Waals surface area (Å²) in [5, 5.41) is 22.3. The third-order valence-electron chi connectivity index (χ3n) is 8.86. The molecule has 1 aromatic rings. The van der Waals surface area contributed by atoms with Gasteiger partial charge in [0.2, 0.25) is 5.75 Å². The average Bonchev–Trinajstić information content (AvgIpc) is 2.97. The van der Waals surface area contributed by atoms with Crippen LogP contribution in [0.2, 0.25) is 0 Å². The summed E-state index contributed by atoms with van der Waals surface area (Å²) in [7, 11) is 0. The highest BCUT2D eigenvalue weighted by Gasteiger charge is 2.24. The maximum absolute atomic E-state index is 11.2. The molecule has 0 saturated carbocycles. The van der Waals surface area contributed by atoms with E-state index in [-0.39, 0.29) is 11.5 Å². The Bertz CT molecular complexity index is 742. The van der Waals surface area contributed by atoms with Crippen LogP contribution in [0, 0.1) is 0 Å². The van der Waals surface area contributed by atoms with Crippen molar-refractivity contribution >= 4 is 0 Å². The molecule has 0 unspecified atom stereocenters. The van der Waals surface area contributed by atoms with E-state index in [1.165, 1.54) is 146 Å². The van der Waals surface area contributed by atoms with Gasteiger partial charge in [0.15, 0.2) is 11.5 Å². The fraction of sp³-hybridized carbons (Fsp3) is 0.842. The summed E-state index contributed by atoms with van der Waals surface area (Å²) >= 11 is 0. The standard InChI is InChI=1S/C38H70O3/c1-5-9-12-15-18-21-24-27-30-33-34(31-28-25-22-19-16-13-10-6-2)36(39)37(40)38(41-8-4)35(33)32-29-26-23-20-17-14-11-7-3/h39-40H,5-32H2,1-4H3. The molecule has 0 atom stereocenters. The highest BCUT2D eigenvalue weighted by atomic mass is 16.5. The Morgan fingerprint density at radius 3 is 1.05 bits per heavy atom. The zero-order valence-electron chi connectivity index (χ0n) is 28.1. The summed E-state index contributed by atoms with van der Waals surface area (Å²) < 4.78 is 6.03. The Balaban J connectivity index is 2.92. The molecule has 0 radical (unpaired) electrons. The fourth-order valence-electron chi connectivity index (χ4n) is 6.30. The smallest absolute Gasteiger partial charge is 0.201 e. The van der Waals surface area contributed by atoms with Crippen LogP contribution in [0.15, 0.2) is 0 Å². The molecule has 0 aromatic heterocycles. The number of phenols is 2. The van der Waals surface area contributed by atoms with Gasteiger partial charge in [0.05, 0.1) is 6.61 Å². The predicted octanol–water partition coefficient (Wildman–Crippen LogP) is 12.5. The number of hydrogen-bond acceptors (Lipinski definition) is 3. The number of ether oxygens (including phenoxy) is 1. The Hall–Kier alpha value is -1.38. The zero-order valence-corrected chi connectivity index (χ0v) is 28.1. The Morgan fingerprint density at radius 2 is 0.683 bits per heavy atom.